The van der Waals surface area contributed by atoms with Crippen molar-refractivity contribution in [1.82, 2.24) is 14.7 Å². The predicted molar refractivity (Wildman–Crippen MR) is 99.2 cm³/mol. The lowest BCUT2D eigenvalue weighted by Gasteiger charge is -2.35. The van der Waals surface area contributed by atoms with Crippen molar-refractivity contribution in [3.05, 3.63) is 11.6 Å². The summed E-state index contributed by atoms with van der Waals surface area (Å²) in [4.78, 5) is 31.6. The number of amides is 2. The van der Waals surface area contributed by atoms with Crippen LogP contribution in [0.4, 0.5) is 0 Å². The molecule has 0 spiro atoms. The molecule has 2 fully saturated rings. The highest BCUT2D eigenvalue weighted by Gasteiger charge is 2.30. The van der Waals surface area contributed by atoms with Crippen LogP contribution in [-0.2, 0) is 9.59 Å². The van der Waals surface area contributed by atoms with Gasteiger partial charge in [-0.25, -0.2) is 0 Å². The Morgan fingerprint density at radius 2 is 1.64 bits per heavy atom. The lowest BCUT2D eigenvalue weighted by Crippen LogP contribution is -2.47. The minimum atomic E-state index is 0.128. The average molecular weight is 348 g/mol. The van der Waals surface area contributed by atoms with Gasteiger partial charge in [0.2, 0.25) is 11.8 Å². The van der Waals surface area contributed by atoms with Crippen LogP contribution in [0.5, 0.6) is 0 Å². The number of carbonyl (C=O) groups is 2. The van der Waals surface area contributed by atoms with Crippen LogP contribution in [0.2, 0.25) is 0 Å². The van der Waals surface area contributed by atoms with Gasteiger partial charge in [-0.2, -0.15) is 0 Å². The molecule has 0 unspecified atom stereocenters. The SMILES string of the molecule is CC1=CCN(CC(=O)N2CCC(C(=O)N3CCCCCC3)CC2)CC1. The third kappa shape index (κ3) is 5.06. The third-order valence-corrected chi connectivity index (χ3v) is 5.99. The summed E-state index contributed by atoms with van der Waals surface area (Å²) in [6.45, 7) is 7.90. The van der Waals surface area contributed by atoms with Gasteiger partial charge in [-0.15, -0.1) is 0 Å². The van der Waals surface area contributed by atoms with E-state index in [2.05, 4.69) is 22.8 Å². The van der Waals surface area contributed by atoms with Crippen molar-refractivity contribution in [3.8, 4) is 0 Å². The van der Waals surface area contributed by atoms with E-state index in [0.29, 0.717) is 12.5 Å². The van der Waals surface area contributed by atoms with Crippen LogP contribution in [-0.4, -0.2) is 72.3 Å². The minimum Gasteiger partial charge on any atom is -0.342 e. The first-order chi connectivity index (χ1) is 12.1. The van der Waals surface area contributed by atoms with E-state index in [1.807, 2.05) is 4.90 Å². The molecule has 0 saturated carbocycles. The molecular weight excluding hydrogens is 314 g/mol. The van der Waals surface area contributed by atoms with E-state index in [1.54, 1.807) is 0 Å². The molecule has 3 rings (SSSR count). The molecule has 0 aromatic heterocycles. The van der Waals surface area contributed by atoms with E-state index in [-0.39, 0.29) is 11.8 Å². The monoisotopic (exact) mass is 347 g/mol. The van der Waals surface area contributed by atoms with Gasteiger partial charge in [0.1, 0.15) is 0 Å². The first-order valence-corrected chi connectivity index (χ1v) is 10.1. The van der Waals surface area contributed by atoms with E-state index < -0.39 is 0 Å². The quantitative estimate of drug-likeness (QED) is 0.736. The number of hydrogen-bond donors (Lipinski definition) is 0. The molecule has 0 aromatic rings. The molecule has 3 aliphatic rings. The Morgan fingerprint density at radius 3 is 2.24 bits per heavy atom. The highest BCUT2D eigenvalue weighted by atomic mass is 16.2. The second-order valence-electron chi connectivity index (χ2n) is 7.93. The van der Waals surface area contributed by atoms with Gasteiger partial charge in [0.25, 0.3) is 0 Å². The number of carbonyl (C=O) groups excluding carboxylic acids is 2. The molecule has 2 amide bonds. The van der Waals surface area contributed by atoms with Gasteiger partial charge in [0.05, 0.1) is 6.54 Å². The van der Waals surface area contributed by atoms with Crippen LogP contribution in [0.25, 0.3) is 0 Å². The molecule has 5 nitrogen and oxygen atoms in total. The molecule has 0 N–H and O–H groups in total. The van der Waals surface area contributed by atoms with Gasteiger partial charge >= 0.3 is 0 Å². The Morgan fingerprint density at radius 1 is 0.960 bits per heavy atom. The van der Waals surface area contributed by atoms with E-state index >= 15 is 0 Å². The van der Waals surface area contributed by atoms with Gasteiger partial charge in [-0.3, -0.25) is 14.5 Å². The number of hydrogen-bond acceptors (Lipinski definition) is 3. The Bertz CT molecular complexity index is 501. The smallest absolute Gasteiger partial charge is 0.236 e. The summed E-state index contributed by atoms with van der Waals surface area (Å²) < 4.78 is 0. The number of piperidine rings is 1. The summed E-state index contributed by atoms with van der Waals surface area (Å²) in [6.07, 6.45) is 9.76. The van der Waals surface area contributed by atoms with Crippen molar-refractivity contribution in [2.75, 3.05) is 45.8 Å². The second kappa shape index (κ2) is 8.84. The van der Waals surface area contributed by atoms with Gasteiger partial charge < -0.3 is 9.80 Å². The van der Waals surface area contributed by atoms with Crippen molar-refractivity contribution in [3.63, 3.8) is 0 Å². The van der Waals surface area contributed by atoms with Crippen molar-refractivity contribution >= 4 is 11.8 Å². The summed E-state index contributed by atoms with van der Waals surface area (Å²) in [6, 6.07) is 0. The third-order valence-electron chi connectivity index (χ3n) is 5.99. The molecule has 2 saturated heterocycles. The minimum absolute atomic E-state index is 0.128. The van der Waals surface area contributed by atoms with Gasteiger partial charge in [0.15, 0.2) is 0 Å². The van der Waals surface area contributed by atoms with Crippen molar-refractivity contribution < 1.29 is 9.59 Å². The van der Waals surface area contributed by atoms with Crippen molar-refractivity contribution in [1.29, 1.82) is 0 Å². The van der Waals surface area contributed by atoms with Gasteiger partial charge in [0, 0.05) is 45.2 Å². The molecule has 0 aliphatic carbocycles. The summed E-state index contributed by atoms with van der Waals surface area (Å²) in [7, 11) is 0. The zero-order valence-corrected chi connectivity index (χ0v) is 15.7. The summed E-state index contributed by atoms with van der Waals surface area (Å²) in [5.74, 6) is 0.696. The van der Waals surface area contributed by atoms with Crippen LogP contribution in [0.1, 0.15) is 51.9 Å². The maximum Gasteiger partial charge on any atom is 0.236 e. The Balaban J connectivity index is 1.43. The maximum atomic E-state index is 12.7. The van der Waals surface area contributed by atoms with Gasteiger partial charge in [-0.05, 0) is 39.0 Å². The second-order valence-corrected chi connectivity index (χ2v) is 7.93. The fourth-order valence-electron chi connectivity index (χ4n) is 4.17. The van der Waals surface area contributed by atoms with Crippen LogP contribution >= 0.6 is 0 Å². The van der Waals surface area contributed by atoms with Crippen molar-refractivity contribution in [2.24, 2.45) is 5.92 Å². The first kappa shape index (κ1) is 18.4. The number of nitrogens with zero attached hydrogens (tertiary/aromatic N) is 3. The Hall–Kier alpha value is -1.36. The molecule has 5 heteroatoms. The van der Waals surface area contributed by atoms with E-state index in [9.17, 15) is 9.59 Å². The van der Waals surface area contributed by atoms with E-state index in [1.165, 1.54) is 18.4 Å². The number of likely N-dealkylation sites (tertiary alicyclic amines) is 2. The van der Waals surface area contributed by atoms with Crippen LogP contribution in [0.3, 0.4) is 0 Å². The van der Waals surface area contributed by atoms with Gasteiger partial charge in [-0.1, -0.05) is 24.5 Å². The molecular formula is C20H33N3O2. The highest BCUT2D eigenvalue weighted by molar-refractivity contribution is 5.81. The van der Waals surface area contributed by atoms with Crippen LogP contribution in [0, 0.1) is 5.92 Å². The van der Waals surface area contributed by atoms with E-state index in [0.717, 1.165) is 71.4 Å². The average Bonchev–Trinajstić information content (AvgIpc) is 2.92. The molecule has 0 atom stereocenters. The lowest BCUT2D eigenvalue weighted by atomic mass is 9.95. The summed E-state index contributed by atoms with van der Waals surface area (Å²) in [5, 5.41) is 0. The summed E-state index contributed by atoms with van der Waals surface area (Å²) >= 11 is 0. The molecule has 0 bridgehead atoms. The molecule has 140 valence electrons. The molecule has 3 heterocycles. The maximum absolute atomic E-state index is 12.7. The predicted octanol–water partition coefficient (Wildman–Crippen LogP) is 2.28. The first-order valence-electron chi connectivity index (χ1n) is 10.1. The zero-order valence-electron chi connectivity index (χ0n) is 15.7. The van der Waals surface area contributed by atoms with Crippen LogP contribution in [0.15, 0.2) is 11.6 Å². The zero-order chi connectivity index (χ0) is 17.6. The van der Waals surface area contributed by atoms with Crippen molar-refractivity contribution in [2.45, 2.75) is 51.9 Å². The van der Waals surface area contributed by atoms with E-state index in [4.69, 9.17) is 0 Å². The highest BCUT2D eigenvalue weighted by Crippen LogP contribution is 2.22. The summed E-state index contributed by atoms with van der Waals surface area (Å²) in [5.41, 5.74) is 1.43. The molecule has 3 aliphatic heterocycles. The lowest BCUT2D eigenvalue weighted by molar-refractivity contribution is -0.141. The standard InChI is InChI=1S/C20H33N3O2/c1-17-6-12-21(13-7-17)16-19(24)22-14-8-18(9-15-22)20(25)23-10-4-2-3-5-11-23/h6,18H,2-5,7-16H2,1H3. The normalized spacial score (nSPS) is 24.0. The molecule has 0 radical (unpaired) electrons. The Labute approximate surface area is 152 Å². The fraction of sp³-hybridized carbons (Fsp3) is 0.800. The molecule has 0 aromatic carbocycles. The van der Waals surface area contributed by atoms with Crippen LogP contribution < -0.4 is 0 Å². The largest absolute Gasteiger partial charge is 0.342 e. The number of rotatable bonds is 3. The Kier molecular flexibility index (Phi) is 6.51. The topological polar surface area (TPSA) is 43.9 Å². The fourth-order valence-corrected chi connectivity index (χ4v) is 4.17. The molecule has 25 heavy (non-hydrogen) atoms.